The van der Waals surface area contributed by atoms with E-state index in [0.29, 0.717) is 11.7 Å². The number of thiocarbonyl (C=S) groups is 1. The van der Waals surface area contributed by atoms with Crippen molar-refractivity contribution in [3.05, 3.63) is 0 Å². The number of likely N-dealkylation sites (tertiary alicyclic amines) is 1. The van der Waals surface area contributed by atoms with Crippen LogP contribution in [0.25, 0.3) is 0 Å². The molecule has 3 unspecified atom stereocenters. The van der Waals surface area contributed by atoms with Crippen molar-refractivity contribution < 1.29 is 0 Å². The Hall–Kier alpha value is -0.0451. The van der Waals surface area contributed by atoms with Crippen LogP contribution in [0.2, 0.25) is 5.82 Å². The third kappa shape index (κ3) is 3.24. The molecule has 0 aromatic heterocycles. The molecule has 0 spiro atoms. The molecular formula is C14H24BNS. The molecule has 2 rings (SSSR count). The van der Waals surface area contributed by atoms with Gasteiger partial charge in [0.1, 0.15) is 0 Å². The Labute approximate surface area is 113 Å². The SMILES string of the molecule is [B]C1CCCCC2C(=S)N(CC)CCC2CC1. The summed E-state index contributed by atoms with van der Waals surface area (Å²) in [4.78, 5) is 3.66. The number of rotatable bonds is 1. The van der Waals surface area contributed by atoms with Crippen molar-refractivity contribution in [1.29, 1.82) is 0 Å². The number of hydrogen-bond donors (Lipinski definition) is 0. The summed E-state index contributed by atoms with van der Waals surface area (Å²) >= 11 is 5.70. The Morgan fingerprint density at radius 2 is 1.94 bits per heavy atom. The highest BCUT2D eigenvalue weighted by molar-refractivity contribution is 7.80. The van der Waals surface area contributed by atoms with Gasteiger partial charge in [-0.3, -0.25) is 0 Å². The van der Waals surface area contributed by atoms with E-state index < -0.39 is 0 Å². The van der Waals surface area contributed by atoms with Crippen molar-refractivity contribution >= 4 is 25.1 Å². The average molecular weight is 249 g/mol. The van der Waals surface area contributed by atoms with Gasteiger partial charge in [-0.25, -0.2) is 0 Å². The summed E-state index contributed by atoms with van der Waals surface area (Å²) in [5.41, 5.74) is 0. The van der Waals surface area contributed by atoms with Crippen LogP contribution in [-0.2, 0) is 0 Å². The minimum Gasteiger partial charge on any atom is -0.366 e. The molecule has 1 saturated heterocycles. The first-order chi connectivity index (χ1) is 8.22. The van der Waals surface area contributed by atoms with E-state index in [-0.39, 0.29) is 0 Å². The molecule has 3 atom stereocenters. The summed E-state index contributed by atoms with van der Waals surface area (Å²) in [6.45, 7) is 4.48. The van der Waals surface area contributed by atoms with Gasteiger partial charge in [-0.2, -0.15) is 0 Å². The van der Waals surface area contributed by atoms with Crippen molar-refractivity contribution in [2.24, 2.45) is 11.8 Å². The second-order valence-electron chi connectivity index (χ2n) is 5.70. The number of nitrogens with zero attached hydrogens (tertiary/aromatic N) is 1. The maximum absolute atomic E-state index is 6.14. The Morgan fingerprint density at radius 3 is 2.71 bits per heavy atom. The van der Waals surface area contributed by atoms with Crippen LogP contribution in [0.3, 0.4) is 0 Å². The zero-order chi connectivity index (χ0) is 12.3. The largest absolute Gasteiger partial charge is 0.366 e. The summed E-state index contributed by atoms with van der Waals surface area (Å²) in [6.07, 6.45) is 8.94. The maximum Gasteiger partial charge on any atom is 0.0813 e. The number of fused-ring (bicyclic) bond motifs is 1. The van der Waals surface area contributed by atoms with E-state index in [2.05, 4.69) is 11.8 Å². The minimum absolute atomic E-state index is 0.437. The normalized spacial score (nSPS) is 35.7. The molecule has 3 heteroatoms. The maximum atomic E-state index is 6.14. The topological polar surface area (TPSA) is 3.24 Å². The average Bonchev–Trinajstić information content (AvgIpc) is 2.42. The van der Waals surface area contributed by atoms with E-state index in [9.17, 15) is 0 Å². The molecule has 1 saturated carbocycles. The summed E-state index contributed by atoms with van der Waals surface area (Å²) in [7, 11) is 6.14. The monoisotopic (exact) mass is 249 g/mol. The highest BCUT2D eigenvalue weighted by Gasteiger charge is 2.32. The molecular weight excluding hydrogens is 225 g/mol. The van der Waals surface area contributed by atoms with Crippen LogP contribution in [-0.4, -0.2) is 30.8 Å². The Balaban J connectivity index is 2.03. The smallest absolute Gasteiger partial charge is 0.0813 e. The molecule has 2 aliphatic rings. The number of piperidine rings is 1. The zero-order valence-corrected chi connectivity index (χ0v) is 11.8. The summed E-state index contributed by atoms with van der Waals surface area (Å²) in [5.74, 6) is 1.92. The Bertz CT molecular complexity index is 269. The molecule has 1 nitrogen and oxygen atoms in total. The molecule has 0 amide bonds. The Morgan fingerprint density at radius 1 is 1.18 bits per heavy atom. The van der Waals surface area contributed by atoms with Gasteiger partial charge in [0.15, 0.2) is 0 Å². The van der Waals surface area contributed by atoms with Gasteiger partial charge in [0.05, 0.1) is 12.8 Å². The van der Waals surface area contributed by atoms with E-state index in [1.165, 1.54) is 56.5 Å². The highest BCUT2D eigenvalue weighted by Crippen LogP contribution is 2.36. The van der Waals surface area contributed by atoms with Crippen LogP contribution < -0.4 is 0 Å². The van der Waals surface area contributed by atoms with Gasteiger partial charge in [-0.15, -0.1) is 0 Å². The highest BCUT2D eigenvalue weighted by atomic mass is 32.1. The predicted molar refractivity (Wildman–Crippen MR) is 78.6 cm³/mol. The van der Waals surface area contributed by atoms with Gasteiger partial charge in [-0.1, -0.05) is 50.1 Å². The van der Waals surface area contributed by atoms with Crippen LogP contribution in [0.4, 0.5) is 0 Å². The number of hydrogen-bond acceptors (Lipinski definition) is 1. The van der Waals surface area contributed by atoms with Crippen LogP contribution in [0, 0.1) is 11.8 Å². The first-order valence-electron chi connectivity index (χ1n) is 7.26. The van der Waals surface area contributed by atoms with Crippen molar-refractivity contribution in [2.45, 2.75) is 57.7 Å². The molecule has 0 aromatic carbocycles. The van der Waals surface area contributed by atoms with Crippen LogP contribution >= 0.6 is 12.2 Å². The van der Waals surface area contributed by atoms with Crippen LogP contribution in [0.1, 0.15) is 51.9 Å². The fraction of sp³-hybridized carbons (Fsp3) is 0.929. The van der Waals surface area contributed by atoms with Gasteiger partial charge in [0.25, 0.3) is 0 Å². The summed E-state index contributed by atoms with van der Waals surface area (Å²) in [5, 5.41) is 0. The Kier molecular flexibility index (Phi) is 4.90. The lowest BCUT2D eigenvalue weighted by Crippen LogP contribution is -2.44. The van der Waals surface area contributed by atoms with Gasteiger partial charge in [0.2, 0.25) is 0 Å². The van der Waals surface area contributed by atoms with Crippen molar-refractivity contribution in [3.8, 4) is 0 Å². The molecule has 2 radical (unpaired) electrons. The van der Waals surface area contributed by atoms with E-state index >= 15 is 0 Å². The quantitative estimate of drug-likeness (QED) is 0.516. The molecule has 2 fully saturated rings. The van der Waals surface area contributed by atoms with E-state index in [1.54, 1.807) is 0 Å². The zero-order valence-electron chi connectivity index (χ0n) is 11.0. The molecule has 1 aliphatic carbocycles. The standard InChI is InChI=1S/C14H24BNS/c1-2-16-10-9-11-7-8-12(15)5-3-4-6-13(11)14(16)17/h11-13H,2-10H2,1H3. The lowest BCUT2D eigenvalue weighted by molar-refractivity contribution is 0.244. The van der Waals surface area contributed by atoms with Gasteiger partial charge in [-0.05, 0) is 25.7 Å². The molecule has 0 bridgehead atoms. The fourth-order valence-electron chi connectivity index (χ4n) is 3.43. The lowest BCUT2D eigenvalue weighted by Gasteiger charge is -2.40. The molecule has 0 N–H and O–H groups in total. The molecule has 1 heterocycles. The van der Waals surface area contributed by atoms with Crippen molar-refractivity contribution in [2.75, 3.05) is 13.1 Å². The molecule has 0 aromatic rings. The lowest BCUT2D eigenvalue weighted by atomic mass is 9.76. The first kappa shape index (κ1) is 13.4. The second-order valence-corrected chi connectivity index (χ2v) is 6.11. The summed E-state index contributed by atoms with van der Waals surface area (Å²) in [6, 6.07) is 0. The third-order valence-corrected chi connectivity index (χ3v) is 5.16. The van der Waals surface area contributed by atoms with Gasteiger partial charge < -0.3 is 4.90 Å². The summed E-state index contributed by atoms with van der Waals surface area (Å²) < 4.78 is 0. The van der Waals surface area contributed by atoms with E-state index in [1.807, 2.05) is 0 Å². The third-order valence-electron chi connectivity index (χ3n) is 4.60. The van der Waals surface area contributed by atoms with Crippen molar-refractivity contribution in [3.63, 3.8) is 0 Å². The van der Waals surface area contributed by atoms with Gasteiger partial charge in [0, 0.05) is 19.0 Å². The minimum atomic E-state index is 0.437. The second kappa shape index (κ2) is 6.22. The molecule has 94 valence electrons. The fourth-order valence-corrected chi connectivity index (χ4v) is 3.96. The predicted octanol–water partition coefficient (Wildman–Crippen LogP) is 3.58. The van der Waals surface area contributed by atoms with E-state index in [0.717, 1.165) is 12.5 Å². The van der Waals surface area contributed by atoms with Gasteiger partial charge >= 0.3 is 0 Å². The molecule has 17 heavy (non-hydrogen) atoms. The van der Waals surface area contributed by atoms with Crippen molar-refractivity contribution in [1.82, 2.24) is 4.90 Å². The van der Waals surface area contributed by atoms with Crippen LogP contribution in [0.15, 0.2) is 0 Å². The van der Waals surface area contributed by atoms with E-state index in [4.69, 9.17) is 20.1 Å². The molecule has 1 aliphatic heterocycles. The van der Waals surface area contributed by atoms with Crippen LogP contribution in [0.5, 0.6) is 0 Å². The first-order valence-corrected chi connectivity index (χ1v) is 7.67.